The SMILES string of the molecule is NOCc1cc(F)c(OCc2ccccc2)c(Cl)c1. The topological polar surface area (TPSA) is 44.5 Å². The van der Waals surface area contributed by atoms with Crippen LogP contribution in [0.1, 0.15) is 11.1 Å². The summed E-state index contributed by atoms with van der Waals surface area (Å²) >= 11 is 5.98. The van der Waals surface area contributed by atoms with Gasteiger partial charge in [-0.25, -0.2) is 10.3 Å². The molecule has 0 saturated heterocycles. The average Bonchev–Trinajstić information content (AvgIpc) is 2.39. The molecular formula is C14H13ClFNO2. The number of rotatable bonds is 5. The van der Waals surface area contributed by atoms with Crippen LogP contribution in [0.5, 0.6) is 5.75 Å². The van der Waals surface area contributed by atoms with Gasteiger partial charge in [0.05, 0.1) is 11.6 Å². The van der Waals surface area contributed by atoms with Crippen molar-refractivity contribution in [2.75, 3.05) is 0 Å². The molecule has 0 radical (unpaired) electrons. The minimum Gasteiger partial charge on any atom is -0.484 e. The maximum atomic E-state index is 13.8. The van der Waals surface area contributed by atoms with Crippen LogP contribution < -0.4 is 10.6 Å². The molecule has 2 aromatic rings. The minimum absolute atomic E-state index is 0.0336. The molecule has 0 aliphatic heterocycles. The first kappa shape index (κ1) is 13.8. The van der Waals surface area contributed by atoms with Gasteiger partial charge in [-0.05, 0) is 23.3 Å². The van der Waals surface area contributed by atoms with Gasteiger partial charge in [-0.15, -0.1) is 0 Å². The van der Waals surface area contributed by atoms with Crippen LogP contribution in [0.15, 0.2) is 42.5 Å². The maximum absolute atomic E-state index is 13.8. The molecule has 0 aromatic heterocycles. The molecule has 0 atom stereocenters. The lowest BCUT2D eigenvalue weighted by Crippen LogP contribution is -2.02. The van der Waals surface area contributed by atoms with Crippen LogP contribution in [0.3, 0.4) is 0 Å². The van der Waals surface area contributed by atoms with Crippen molar-refractivity contribution in [1.82, 2.24) is 0 Å². The van der Waals surface area contributed by atoms with Gasteiger partial charge in [0, 0.05) is 0 Å². The summed E-state index contributed by atoms with van der Waals surface area (Å²) < 4.78 is 19.2. The third-order valence-electron chi connectivity index (χ3n) is 2.53. The summed E-state index contributed by atoms with van der Waals surface area (Å²) in [6, 6.07) is 12.3. The van der Waals surface area contributed by atoms with Crippen LogP contribution in [0.2, 0.25) is 5.02 Å². The van der Waals surface area contributed by atoms with E-state index >= 15 is 0 Å². The summed E-state index contributed by atoms with van der Waals surface area (Å²) in [5, 5.41) is 0.197. The second-order valence-electron chi connectivity index (χ2n) is 3.97. The highest BCUT2D eigenvalue weighted by Crippen LogP contribution is 2.30. The number of hydrogen-bond donors (Lipinski definition) is 1. The molecule has 5 heteroatoms. The van der Waals surface area contributed by atoms with Gasteiger partial charge in [-0.2, -0.15) is 0 Å². The van der Waals surface area contributed by atoms with Crippen LogP contribution in [-0.4, -0.2) is 0 Å². The Morgan fingerprint density at radius 2 is 1.79 bits per heavy atom. The van der Waals surface area contributed by atoms with Crippen LogP contribution in [0.25, 0.3) is 0 Å². The van der Waals surface area contributed by atoms with E-state index in [0.29, 0.717) is 5.56 Å². The molecule has 0 aliphatic rings. The van der Waals surface area contributed by atoms with Gasteiger partial charge < -0.3 is 4.74 Å². The normalized spacial score (nSPS) is 10.5. The maximum Gasteiger partial charge on any atom is 0.174 e. The summed E-state index contributed by atoms with van der Waals surface area (Å²) in [4.78, 5) is 4.44. The zero-order valence-corrected chi connectivity index (χ0v) is 10.9. The fraction of sp³-hybridized carbons (Fsp3) is 0.143. The lowest BCUT2D eigenvalue weighted by Gasteiger charge is -2.10. The van der Waals surface area contributed by atoms with Crippen molar-refractivity contribution in [3.63, 3.8) is 0 Å². The van der Waals surface area contributed by atoms with E-state index in [4.69, 9.17) is 22.2 Å². The molecule has 0 spiro atoms. The highest BCUT2D eigenvalue weighted by Gasteiger charge is 2.11. The summed E-state index contributed by atoms with van der Waals surface area (Å²) in [5.41, 5.74) is 1.49. The van der Waals surface area contributed by atoms with Crippen molar-refractivity contribution in [2.24, 2.45) is 5.90 Å². The van der Waals surface area contributed by atoms with Crippen LogP contribution in [0, 0.1) is 5.82 Å². The monoisotopic (exact) mass is 281 g/mol. The van der Waals surface area contributed by atoms with E-state index in [1.807, 2.05) is 30.3 Å². The van der Waals surface area contributed by atoms with Crippen LogP contribution in [-0.2, 0) is 18.1 Å². The number of nitrogens with two attached hydrogens (primary N) is 1. The summed E-state index contributed by atoms with van der Waals surface area (Å²) in [6.07, 6.45) is 0. The largest absolute Gasteiger partial charge is 0.484 e. The molecule has 2 N–H and O–H groups in total. The van der Waals surface area contributed by atoms with Crippen LogP contribution >= 0.6 is 11.6 Å². The third-order valence-corrected chi connectivity index (χ3v) is 2.81. The first-order chi connectivity index (χ1) is 9.20. The Kier molecular flexibility index (Phi) is 4.74. The van der Waals surface area contributed by atoms with Crippen molar-refractivity contribution < 1.29 is 14.0 Å². The van der Waals surface area contributed by atoms with E-state index in [2.05, 4.69) is 4.84 Å². The van der Waals surface area contributed by atoms with Crippen molar-refractivity contribution in [3.05, 3.63) is 64.4 Å². The lowest BCUT2D eigenvalue weighted by atomic mass is 10.2. The Balaban J connectivity index is 2.12. The molecule has 19 heavy (non-hydrogen) atoms. The molecule has 2 rings (SSSR count). The van der Waals surface area contributed by atoms with Gasteiger partial charge in [0.1, 0.15) is 6.61 Å². The standard InChI is InChI=1S/C14H13ClFNO2/c15-12-6-11(9-19-17)7-13(16)14(12)18-8-10-4-2-1-3-5-10/h1-7H,8-9,17H2. The molecule has 3 nitrogen and oxygen atoms in total. The van der Waals surface area contributed by atoms with Gasteiger partial charge in [0.25, 0.3) is 0 Å². The molecule has 2 aromatic carbocycles. The molecule has 0 heterocycles. The number of benzene rings is 2. The molecule has 0 bridgehead atoms. The Morgan fingerprint density at radius 1 is 1.05 bits per heavy atom. The van der Waals surface area contributed by atoms with E-state index in [1.165, 1.54) is 6.07 Å². The van der Waals surface area contributed by atoms with Crippen molar-refractivity contribution >= 4 is 11.6 Å². The second kappa shape index (κ2) is 6.52. The number of ether oxygens (including phenoxy) is 1. The molecule has 0 unspecified atom stereocenters. The second-order valence-corrected chi connectivity index (χ2v) is 4.38. The molecule has 0 fully saturated rings. The summed E-state index contributed by atoms with van der Waals surface area (Å²) in [6.45, 7) is 0.347. The van der Waals surface area contributed by atoms with E-state index in [9.17, 15) is 4.39 Å². The predicted molar refractivity (Wildman–Crippen MR) is 71.2 cm³/mol. The van der Waals surface area contributed by atoms with Crippen molar-refractivity contribution in [1.29, 1.82) is 0 Å². The fourth-order valence-electron chi connectivity index (χ4n) is 1.66. The van der Waals surface area contributed by atoms with Crippen molar-refractivity contribution in [3.8, 4) is 5.75 Å². The van der Waals surface area contributed by atoms with E-state index in [-0.39, 0.29) is 24.0 Å². The third kappa shape index (κ3) is 3.67. The minimum atomic E-state index is -0.532. The van der Waals surface area contributed by atoms with Gasteiger partial charge in [0.2, 0.25) is 0 Å². The summed E-state index contributed by atoms with van der Waals surface area (Å²) in [7, 11) is 0. The number of hydrogen-bond acceptors (Lipinski definition) is 3. The first-order valence-corrected chi connectivity index (χ1v) is 6.05. The van der Waals surface area contributed by atoms with Crippen molar-refractivity contribution in [2.45, 2.75) is 13.2 Å². The van der Waals surface area contributed by atoms with Gasteiger partial charge in [0.15, 0.2) is 11.6 Å². The van der Waals surface area contributed by atoms with E-state index in [0.717, 1.165) is 5.56 Å². The Morgan fingerprint density at radius 3 is 2.42 bits per heavy atom. The summed E-state index contributed by atoms with van der Waals surface area (Å²) in [5.74, 6) is 4.44. The zero-order chi connectivity index (χ0) is 13.7. The van der Waals surface area contributed by atoms with Gasteiger partial charge >= 0.3 is 0 Å². The Labute approximate surface area is 115 Å². The predicted octanol–water partition coefficient (Wildman–Crippen LogP) is 3.45. The highest BCUT2D eigenvalue weighted by molar-refractivity contribution is 6.32. The lowest BCUT2D eigenvalue weighted by molar-refractivity contribution is 0.124. The molecule has 100 valence electrons. The molecule has 0 aliphatic carbocycles. The molecule has 0 saturated carbocycles. The van der Waals surface area contributed by atoms with E-state index < -0.39 is 5.82 Å². The smallest absolute Gasteiger partial charge is 0.174 e. The molecular weight excluding hydrogens is 269 g/mol. The quantitative estimate of drug-likeness (QED) is 0.854. The first-order valence-electron chi connectivity index (χ1n) is 5.67. The zero-order valence-electron chi connectivity index (χ0n) is 10.1. The van der Waals surface area contributed by atoms with Gasteiger partial charge in [-0.1, -0.05) is 41.9 Å². The molecule has 0 amide bonds. The fourth-order valence-corrected chi connectivity index (χ4v) is 1.94. The number of halogens is 2. The van der Waals surface area contributed by atoms with Crippen LogP contribution in [0.4, 0.5) is 4.39 Å². The Bertz CT molecular complexity index is 525. The van der Waals surface area contributed by atoms with Gasteiger partial charge in [-0.3, -0.25) is 4.84 Å². The Hall–Kier alpha value is -1.62. The average molecular weight is 282 g/mol. The highest BCUT2D eigenvalue weighted by atomic mass is 35.5. The van der Waals surface area contributed by atoms with E-state index in [1.54, 1.807) is 6.07 Å².